The van der Waals surface area contributed by atoms with Crippen molar-refractivity contribution < 1.29 is 22.3 Å². The normalized spacial score (nSPS) is 18.7. The van der Waals surface area contributed by atoms with Gasteiger partial charge in [-0.2, -0.15) is 0 Å². The number of hydrogen-bond donors (Lipinski definition) is 1. The van der Waals surface area contributed by atoms with Crippen LogP contribution in [0.3, 0.4) is 0 Å². The maximum Gasteiger partial charge on any atom is 0.244 e. The summed E-state index contributed by atoms with van der Waals surface area (Å²) in [5, 5.41) is 2.94. The van der Waals surface area contributed by atoms with E-state index in [0.717, 1.165) is 27.8 Å². The second-order valence-electron chi connectivity index (χ2n) is 8.35. The summed E-state index contributed by atoms with van der Waals surface area (Å²) in [6.45, 7) is 7.27. The molecule has 1 aliphatic rings. The zero-order valence-electron chi connectivity index (χ0n) is 17.8. The number of nitrogens with zero attached hydrogens (tertiary/aromatic N) is 1. The third kappa shape index (κ3) is 4.59. The first kappa shape index (κ1) is 22.1. The summed E-state index contributed by atoms with van der Waals surface area (Å²) in [6, 6.07) is 9.76. The van der Waals surface area contributed by atoms with E-state index in [-0.39, 0.29) is 11.7 Å². The molecule has 0 fully saturated rings. The monoisotopic (exact) mass is 434 g/mol. The molecule has 0 spiro atoms. The Kier molecular flexibility index (Phi) is 5.82. The minimum absolute atomic E-state index is 0.161. The van der Waals surface area contributed by atoms with Gasteiger partial charge in [-0.25, -0.2) is 12.8 Å². The number of para-hydroxylation sites is 1. The van der Waals surface area contributed by atoms with Crippen LogP contribution in [0.1, 0.15) is 44.4 Å². The fourth-order valence-electron chi connectivity index (χ4n) is 3.79. The lowest BCUT2D eigenvalue weighted by molar-refractivity contribution is -0.123. The molecule has 2 unspecified atom stereocenters. The molecule has 1 heterocycles. The predicted molar refractivity (Wildman–Crippen MR) is 115 cm³/mol. The number of fused-ring (bicyclic) bond motifs is 1. The van der Waals surface area contributed by atoms with Crippen LogP contribution in [-0.4, -0.2) is 32.2 Å². The average Bonchev–Trinajstić information content (AvgIpc) is 2.61. The smallest absolute Gasteiger partial charge is 0.244 e. The Morgan fingerprint density at radius 3 is 2.57 bits per heavy atom. The van der Waals surface area contributed by atoms with E-state index in [1.54, 1.807) is 0 Å². The van der Waals surface area contributed by atoms with E-state index in [1.807, 2.05) is 39.0 Å². The van der Waals surface area contributed by atoms with Crippen molar-refractivity contribution in [2.45, 2.75) is 51.8 Å². The van der Waals surface area contributed by atoms with Crippen molar-refractivity contribution in [3.8, 4) is 5.75 Å². The van der Waals surface area contributed by atoms with Gasteiger partial charge in [0.05, 0.1) is 18.0 Å². The average molecular weight is 435 g/mol. The third-order valence-electron chi connectivity index (χ3n) is 5.12. The van der Waals surface area contributed by atoms with Crippen molar-refractivity contribution >= 4 is 21.6 Å². The first-order valence-corrected chi connectivity index (χ1v) is 11.6. The lowest BCUT2D eigenvalue weighted by atomic mass is 9.89. The van der Waals surface area contributed by atoms with Gasteiger partial charge in [0.15, 0.2) is 0 Å². The summed E-state index contributed by atoms with van der Waals surface area (Å²) >= 11 is 0. The minimum atomic E-state index is -3.91. The first-order chi connectivity index (χ1) is 13.9. The van der Waals surface area contributed by atoms with E-state index in [9.17, 15) is 17.6 Å². The summed E-state index contributed by atoms with van der Waals surface area (Å²) in [5.41, 5.74) is 1.19. The molecule has 30 heavy (non-hydrogen) atoms. The number of ether oxygens (including phenoxy) is 1. The van der Waals surface area contributed by atoms with Crippen molar-refractivity contribution in [2.75, 3.05) is 10.6 Å². The maximum absolute atomic E-state index is 14.3. The highest BCUT2D eigenvalue weighted by Gasteiger charge is 2.37. The Balaban J connectivity index is 1.92. The summed E-state index contributed by atoms with van der Waals surface area (Å²) in [7, 11) is -3.91. The van der Waals surface area contributed by atoms with Crippen LogP contribution in [0, 0.1) is 12.7 Å². The molecule has 0 radical (unpaired) electrons. The van der Waals surface area contributed by atoms with Gasteiger partial charge < -0.3 is 10.1 Å². The number of carbonyl (C=O) groups excluding carboxylic acids is 1. The number of halogens is 1. The van der Waals surface area contributed by atoms with Crippen LogP contribution in [0.5, 0.6) is 5.75 Å². The topological polar surface area (TPSA) is 75.7 Å². The molecule has 0 aliphatic carbocycles. The molecule has 0 bridgehead atoms. The molecule has 6 nitrogen and oxygen atoms in total. The molecule has 1 aliphatic heterocycles. The molecular formula is C22H27FN2O4S. The number of benzene rings is 2. The van der Waals surface area contributed by atoms with Gasteiger partial charge in [0.2, 0.25) is 15.9 Å². The van der Waals surface area contributed by atoms with Crippen molar-refractivity contribution in [3.05, 3.63) is 59.4 Å². The molecular weight excluding hydrogens is 407 g/mol. The number of hydrogen-bond acceptors (Lipinski definition) is 4. The van der Waals surface area contributed by atoms with Gasteiger partial charge in [-0.15, -0.1) is 0 Å². The zero-order valence-corrected chi connectivity index (χ0v) is 18.6. The number of amides is 1. The van der Waals surface area contributed by atoms with Crippen LogP contribution in [-0.2, 0) is 14.8 Å². The molecule has 1 amide bonds. The van der Waals surface area contributed by atoms with E-state index in [1.165, 1.54) is 25.1 Å². The Bertz CT molecular complexity index is 1070. The summed E-state index contributed by atoms with van der Waals surface area (Å²) in [4.78, 5) is 13.1. The van der Waals surface area contributed by atoms with Crippen LogP contribution in [0.4, 0.5) is 10.1 Å². The van der Waals surface area contributed by atoms with Crippen molar-refractivity contribution in [1.29, 1.82) is 0 Å². The molecule has 1 N–H and O–H groups in total. The first-order valence-electron chi connectivity index (χ1n) is 9.73. The maximum atomic E-state index is 14.3. The second kappa shape index (κ2) is 7.91. The van der Waals surface area contributed by atoms with E-state index >= 15 is 0 Å². The lowest BCUT2D eigenvalue weighted by Crippen LogP contribution is -2.50. The quantitative estimate of drug-likeness (QED) is 0.779. The highest BCUT2D eigenvalue weighted by molar-refractivity contribution is 7.92. The van der Waals surface area contributed by atoms with Gasteiger partial charge in [-0.05, 0) is 51.5 Å². The largest absolute Gasteiger partial charge is 0.487 e. The van der Waals surface area contributed by atoms with E-state index in [0.29, 0.717) is 12.2 Å². The zero-order chi connectivity index (χ0) is 22.3. The van der Waals surface area contributed by atoms with Crippen LogP contribution in [0.15, 0.2) is 42.5 Å². The Morgan fingerprint density at radius 2 is 1.93 bits per heavy atom. The summed E-state index contributed by atoms with van der Waals surface area (Å²) in [5.74, 6) is -0.535. The van der Waals surface area contributed by atoms with Gasteiger partial charge in [0.1, 0.15) is 23.2 Å². The predicted octanol–water partition coefficient (Wildman–Crippen LogP) is 3.71. The third-order valence-corrected chi connectivity index (χ3v) is 6.35. The van der Waals surface area contributed by atoms with Crippen LogP contribution < -0.4 is 14.4 Å². The van der Waals surface area contributed by atoms with Gasteiger partial charge in [-0.3, -0.25) is 9.10 Å². The Labute approximate surface area is 177 Å². The number of nitrogens with one attached hydrogen (secondary N) is 1. The van der Waals surface area contributed by atoms with Crippen LogP contribution in [0.2, 0.25) is 0 Å². The second-order valence-corrected chi connectivity index (χ2v) is 10.2. The molecule has 8 heteroatoms. The van der Waals surface area contributed by atoms with Gasteiger partial charge in [0, 0.05) is 12.0 Å². The Morgan fingerprint density at radius 1 is 1.27 bits per heavy atom. The lowest BCUT2D eigenvalue weighted by Gasteiger charge is -2.39. The van der Waals surface area contributed by atoms with Gasteiger partial charge >= 0.3 is 0 Å². The molecule has 0 saturated carbocycles. The highest BCUT2D eigenvalue weighted by atomic mass is 32.2. The van der Waals surface area contributed by atoms with Gasteiger partial charge in [0.25, 0.3) is 0 Å². The molecule has 0 saturated heterocycles. The number of rotatable bonds is 5. The van der Waals surface area contributed by atoms with E-state index < -0.39 is 33.4 Å². The van der Waals surface area contributed by atoms with E-state index in [2.05, 4.69) is 5.32 Å². The van der Waals surface area contributed by atoms with E-state index in [4.69, 9.17) is 4.74 Å². The number of aryl methyl sites for hydroxylation is 1. The molecule has 3 rings (SSSR count). The number of sulfonamides is 1. The number of anilines is 1. The van der Waals surface area contributed by atoms with Crippen molar-refractivity contribution in [2.24, 2.45) is 0 Å². The van der Waals surface area contributed by atoms with Crippen molar-refractivity contribution in [1.82, 2.24) is 5.32 Å². The summed E-state index contributed by atoms with van der Waals surface area (Å²) in [6.07, 6.45) is 1.47. The number of carbonyl (C=O) groups is 1. The minimum Gasteiger partial charge on any atom is -0.487 e. The van der Waals surface area contributed by atoms with Crippen LogP contribution >= 0.6 is 0 Å². The van der Waals surface area contributed by atoms with Crippen molar-refractivity contribution in [3.63, 3.8) is 0 Å². The molecule has 2 aromatic carbocycles. The molecule has 2 atom stereocenters. The fraction of sp³-hybridized carbons (Fsp3) is 0.409. The molecule has 2 aromatic rings. The van der Waals surface area contributed by atoms with Crippen LogP contribution in [0.25, 0.3) is 0 Å². The summed E-state index contributed by atoms with van der Waals surface area (Å²) < 4.78 is 46.0. The fourth-order valence-corrected chi connectivity index (χ4v) is 4.97. The highest BCUT2D eigenvalue weighted by Crippen LogP contribution is 2.40. The standard InChI is InChI=1S/C22H27FN2O4S/c1-14-10-11-16-18(13-22(3,4)29-20(16)12-14)24-21(26)15(2)25(30(5,27)28)19-9-7-6-8-17(19)23/h6-12,15,18H,13H2,1-5H3,(H,24,26). The molecule has 162 valence electrons. The van der Waals surface area contributed by atoms with Gasteiger partial charge in [-0.1, -0.05) is 24.3 Å². The Hall–Kier alpha value is -2.61. The SMILES string of the molecule is Cc1ccc2c(c1)OC(C)(C)CC2NC(=O)C(C)N(c1ccccc1F)S(C)(=O)=O. The molecule has 0 aromatic heterocycles.